The van der Waals surface area contributed by atoms with Crippen LogP contribution in [-0.2, 0) is 10.0 Å². The second kappa shape index (κ2) is 5.89. The van der Waals surface area contributed by atoms with Crippen molar-refractivity contribution in [3.8, 4) is 0 Å². The Morgan fingerprint density at radius 1 is 1.35 bits per heavy atom. The highest BCUT2D eigenvalue weighted by atomic mass is 35.5. The van der Waals surface area contributed by atoms with Gasteiger partial charge in [0, 0.05) is 17.8 Å². The number of nitrogen functional groups attached to an aromatic ring is 1. The summed E-state index contributed by atoms with van der Waals surface area (Å²) in [5.41, 5.74) is 6.60. The molecule has 1 aromatic rings. The van der Waals surface area contributed by atoms with Gasteiger partial charge in [0.05, 0.1) is 5.02 Å². The Labute approximate surface area is 126 Å². The lowest BCUT2D eigenvalue weighted by molar-refractivity contribution is 0.199. The van der Waals surface area contributed by atoms with E-state index in [1.807, 2.05) is 32.8 Å². The van der Waals surface area contributed by atoms with Crippen LogP contribution in [0, 0.1) is 6.92 Å². The van der Waals surface area contributed by atoms with E-state index in [2.05, 4.69) is 4.72 Å². The maximum Gasteiger partial charge on any atom is 0.242 e. The van der Waals surface area contributed by atoms with Crippen LogP contribution in [0.1, 0.15) is 19.4 Å². The first-order valence-electron chi connectivity index (χ1n) is 6.20. The number of nitrogens with zero attached hydrogens (tertiary/aromatic N) is 1. The summed E-state index contributed by atoms with van der Waals surface area (Å²) < 4.78 is 27.2. The predicted octanol–water partition coefficient (Wildman–Crippen LogP) is 1.85. The molecule has 0 aliphatic heterocycles. The number of nitrogens with two attached hydrogens (primary N) is 1. The normalized spacial score (nSPS) is 12.9. The smallest absolute Gasteiger partial charge is 0.242 e. The van der Waals surface area contributed by atoms with Crippen LogP contribution in [-0.4, -0.2) is 39.5 Å². The van der Waals surface area contributed by atoms with Crippen molar-refractivity contribution in [2.45, 2.75) is 31.2 Å². The fourth-order valence-electron chi connectivity index (χ4n) is 1.38. The molecule has 0 unspecified atom stereocenters. The molecule has 0 saturated heterocycles. The summed E-state index contributed by atoms with van der Waals surface area (Å²) >= 11 is 6.01. The van der Waals surface area contributed by atoms with E-state index in [0.29, 0.717) is 5.69 Å². The molecule has 1 rings (SSSR count). The Morgan fingerprint density at radius 2 is 1.90 bits per heavy atom. The topological polar surface area (TPSA) is 75.4 Å². The summed E-state index contributed by atoms with van der Waals surface area (Å²) in [5, 5.41) is 0.173. The van der Waals surface area contributed by atoms with Crippen LogP contribution in [0.5, 0.6) is 0 Å². The molecule has 0 fully saturated rings. The number of sulfonamides is 1. The van der Waals surface area contributed by atoms with E-state index >= 15 is 0 Å². The highest BCUT2D eigenvalue weighted by Gasteiger charge is 2.25. The van der Waals surface area contributed by atoms with Crippen LogP contribution < -0.4 is 10.5 Å². The zero-order chi connectivity index (χ0) is 15.7. The molecule has 0 aliphatic rings. The Kier molecular flexibility index (Phi) is 5.08. The molecular weight excluding hydrogens is 298 g/mol. The van der Waals surface area contributed by atoms with Gasteiger partial charge in [-0.1, -0.05) is 11.6 Å². The van der Waals surface area contributed by atoms with Gasteiger partial charge in [-0.05, 0) is 52.6 Å². The van der Waals surface area contributed by atoms with Crippen LogP contribution in [0.4, 0.5) is 5.69 Å². The molecular formula is C13H22ClN3O2S. The third-order valence-corrected chi connectivity index (χ3v) is 5.38. The summed E-state index contributed by atoms with van der Waals surface area (Å²) in [6.07, 6.45) is 0. The van der Waals surface area contributed by atoms with E-state index < -0.39 is 10.0 Å². The SMILES string of the molecule is Cc1cc(Cl)c(S(=O)(=O)NCC(C)(C)N(C)C)cc1N. The fraction of sp³-hybridized carbons (Fsp3) is 0.538. The van der Waals surface area contributed by atoms with Crippen molar-refractivity contribution in [3.05, 3.63) is 22.7 Å². The third-order valence-electron chi connectivity index (χ3n) is 3.52. The number of nitrogens with one attached hydrogen (secondary N) is 1. The summed E-state index contributed by atoms with van der Waals surface area (Å²) in [6.45, 7) is 5.94. The maximum atomic E-state index is 12.3. The van der Waals surface area contributed by atoms with Crippen molar-refractivity contribution in [2.24, 2.45) is 0 Å². The van der Waals surface area contributed by atoms with E-state index in [0.717, 1.165) is 5.56 Å². The fourth-order valence-corrected chi connectivity index (χ4v) is 3.20. The average molecular weight is 320 g/mol. The predicted molar refractivity (Wildman–Crippen MR) is 83.6 cm³/mol. The summed E-state index contributed by atoms with van der Waals surface area (Å²) in [6, 6.07) is 2.95. The van der Waals surface area contributed by atoms with Crippen LogP contribution >= 0.6 is 11.6 Å². The lowest BCUT2D eigenvalue weighted by Gasteiger charge is -2.32. The second-order valence-electron chi connectivity index (χ2n) is 5.67. The summed E-state index contributed by atoms with van der Waals surface area (Å²) in [5.74, 6) is 0. The quantitative estimate of drug-likeness (QED) is 0.812. The van der Waals surface area contributed by atoms with Crippen LogP contribution in [0.15, 0.2) is 17.0 Å². The lowest BCUT2D eigenvalue weighted by atomic mass is 10.1. The number of rotatable bonds is 5. The summed E-state index contributed by atoms with van der Waals surface area (Å²) in [4.78, 5) is 1.96. The van der Waals surface area contributed by atoms with Crippen molar-refractivity contribution in [1.82, 2.24) is 9.62 Å². The number of benzene rings is 1. The van der Waals surface area contributed by atoms with Gasteiger partial charge in [0.25, 0.3) is 0 Å². The third kappa shape index (κ3) is 3.85. The van der Waals surface area contributed by atoms with Crippen molar-refractivity contribution in [2.75, 3.05) is 26.4 Å². The van der Waals surface area contributed by atoms with Crippen LogP contribution in [0.2, 0.25) is 5.02 Å². The number of hydrogen-bond acceptors (Lipinski definition) is 4. The first-order chi connectivity index (χ1) is 8.97. The van der Waals surface area contributed by atoms with Crippen molar-refractivity contribution < 1.29 is 8.42 Å². The monoisotopic (exact) mass is 319 g/mol. The maximum absolute atomic E-state index is 12.3. The van der Waals surface area contributed by atoms with Gasteiger partial charge < -0.3 is 10.6 Å². The van der Waals surface area contributed by atoms with Gasteiger partial charge in [-0.15, -0.1) is 0 Å². The Balaban J connectivity index is 3.04. The van der Waals surface area contributed by atoms with Crippen molar-refractivity contribution in [3.63, 3.8) is 0 Å². The molecule has 0 bridgehead atoms. The molecule has 0 saturated carbocycles. The number of hydrogen-bond donors (Lipinski definition) is 2. The molecule has 0 aromatic heterocycles. The van der Waals surface area contributed by atoms with E-state index in [9.17, 15) is 8.42 Å². The van der Waals surface area contributed by atoms with Gasteiger partial charge in [0.15, 0.2) is 0 Å². The zero-order valence-corrected chi connectivity index (χ0v) is 14.1. The number of likely N-dealkylation sites (N-methyl/N-ethyl adjacent to an activating group) is 1. The van der Waals surface area contributed by atoms with Gasteiger partial charge in [0.2, 0.25) is 10.0 Å². The van der Waals surface area contributed by atoms with Crippen molar-refractivity contribution >= 4 is 27.3 Å². The van der Waals surface area contributed by atoms with Gasteiger partial charge in [-0.2, -0.15) is 0 Å². The van der Waals surface area contributed by atoms with Gasteiger partial charge in [0.1, 0.15) is 4.90 Å². The lowest BCUT2D eigenvalue weighted by Crippen LogP contribution is -2.48. The number of anilines is 1. The molecule has 0 radical (unpaired) electrons. The number of halogens is 1. The molecule has 0 amide bonds. The summed E-state index contributed by atoms with van der Waals surface area (Å²) in [7, 11) is 0.102. The molecule has 20 heavy (non-hydrogen) atoms. The molecule has 0 aliphatic carbocycles. The largest absolute Gasteiger partial charge is 0.398 e. The second-order valence-corrected chi connectivity index (χ2v) is 7.81. The minimum atomic E-state index is -3.69. The molecule has 3 N–H and O–H groups in total. The van der Waals surface area contributed by atoms with Crippen molar-refractivity contribution in [1.29, 1.82) is 0 Å². The minimum absolute atomic E-state index is 0.0109. The van der Waals surface area contributed by atoms with E-state index in [4.69, 9.17) is 17.3 Å². The van der Waals surface area contributed by atoms with Gasteiger partial charge in [-0.25, -0.2) is 13.1 Å². The van der Waals surface area contributed by atoms with E-state index in [1.54, 1.807) is 13.0 Å². The Bertz CT molecular complexity index is 598. The minimum Gasteiger partial charge on any atom is -0.398 e. The molecule has 7 heteroatoms. The molecule has 5 nitrogen and oxygen atoms in total. The van der Waals surface area contributed by atoms with Gasteiger partial charge in [-0.3, -0.25) is 0 Å². The zero-order valence-electron chi connectivity index (χ0n) is 12.5. The standard InChI is InChI=1S/C13H22ClN3O2S/c1-9-6-10(14)12(7-11(9)15)20(18,19)16-8-13(2,3)17(4)5/h6-7,16H,8,15H2,1-5H3. The first-order valence-corrected chi connectivity index (χ1v) is 8.06. The Morgan fingerprint density at radius 3 is 2.40 bits per heavy atom. The van der Waals surface area contributed by atoms with Crippen LogP contribution in [0.3, 0.4) is 0 Å². The number of aryl methyl sites for hydroxylation is 1. The molecule has 0 heterocycles. The highest BCUT2D eigenvalue weighted by Crippen LogP contribution is 2.26. The van der Waals surface area contributed by atoms with Crippen LogP contribution in [0.25, 0.3) is 0 Å². The van der Waals surface area contributed by atoms with Gasteiger partial charge >= 0.3 is 0 Å². The molecule has 114 valence electrons. The molecule has 0 atom stereocenters. The average Bonchev–Trinajstić information content (AvgIpc) is 2.31. The van der Waals surface area contributed by atoms with E-state index in [1.165, 1.54) is 6.07 Å². The first kappa shape index (κ1) is 17.2. The molecule has 0 spiro atoms. The molecule has 1 aromatic carbocycles. The highest BCUT2D eigenvalue weighted by molar-refractivity contribution is 7.89. The Hall–Kier alpha value is -0.820. The van der Waals surface area contributed by atoms with E-state index in [-0.39, 0.29) is 22.0 Å².